The van der Waals surface area contributed by atoms with Crippen LogP contribution < -0.4 is 10.2 Å². The Morgan fingerprint density at radius 3 is 2.36 bits per heavy atom. The number of imide groups is 1. The molecule has 25 heavy (non-hydrogen) atoms. The second-order valence-corrected chi connectivity index (χ2v) is 6.51. The van der Waals surface area contributed by atoms with Gasteiger partial charge in [0.05, 0.1) is 5.92 Å². The summed E-state index contributed by atoms with van der Waals surface area (Å²) >= 11 is 0. The summed E-state index contributed by atoms with van der Waals surface area (Å²) in [6.45, 7) is 7.79. The zero-order chi connectivity index (χ0) is 18.4. The van der Waals surface area contributed by atoms with Crippen LogP contribution in [-0.4, -0.2) is 31.2 Å². The van der Waals surface area contributed by atoms with Gasteiger partial charge < -0.3 is 9.69 Å². The fourth-order valence-electron chi connectivity index (χ4n) is 3.53. The summed E-state index contributed by atoms with van der Waals surface area (Å²) in [6, 6.07) is 6.17. The topological polar surface area (TPSA) is 66.5 Å². The van der Waals surface area contributed by atoms with Crippen LogP contribution in [0.2, 0.25) is 0 Å². The fourth-order valence-corrected chi connectivity index (χ4v) is 3.53. The molecule has 0 bridgehead atoms. The van der Waals surface area contributed by atoms with Crippen molar-refractivity contribution in [2.75, 3.05) is 18.0 Å². The van der Waals surface area contributed by atoms with Gasteiger partial charge in [0.15, 0.2) is 0 Å². The molecule has 1 N–H and O–H groups in total. The molecule has 0 saturated carbocycles. The molecule has 2 aliphatic heterocycles. The Hall–Kier alpha value is -2.17. The highest BCUT2D eigenvalue weighted by molar-refractivity contribution is 6.01. The first-order valence-electron chi connectivity index (χ1n) is 9.23. The number of nitrogens with zero attached hydrogens (tertiary/aromatic N) is 1. The monoisotopic (exact) mass is 344 g/mol. The summed E-state index contributed by atoms with van der Waals surface area (Å²) in [6.07, 6.45) is 3.84. The number of piperidine rings is 2. The van der Waals surface area contributed by atoms with E-state index in [4.69, 9.17) is 0 Å². The Labute approximate surface area is 149 Å². The van der Waals surface area contributed by atoms with Crippen LogP contribution in [0.4, 0.5) is 5.69 Å². The van der Waals surface area contributed by atoms with Crippen molar-refractivity contribution in [1.29, 1.82) is 0 Å². The van der Waals surface area contributed by atoms with Crippen LogP contribution in [0, 0.1) is 12.8 Å². The SMILES string of the molecule is CC.Cc1cc(N2CCC(C=O)CC2)ccc1C1CCC(=O)NC1=O. The highest BCUT2D eigenvalue weighted by Gasteiger charge is 2.29. The van der Waals surface area contributed by atoms with Crippen LogP contribution in [0.1, 0.15) is 56.6 Å². The van der Waals surface area contributed by atoms with Crippen molar-refractivity contribution < 1.29 is 14.4 Å². The molecule has 0 spiro atoms. The van der Waals surface area contributed by atoms with Crippen molar-refractivity contribution in [1.82, 2.24) is 5.32 Å². The van der Waals surface area contributed by atoms with Gasteiger partial charge >= 0.3 is 0 Å². The van der Waals surface area contributed by atoms with E-state index in [1.165, 1.54) is 0 Å². The first-order valence-corrected chi connectivity index (χ1v) is 9.23. The molecule has 0 aliphatic carbocycles. The lowest BCUT2D eigenvalue weighted by Crippen LogP contribution is -2.39. The quantitative estimate of drug-likeness (QED) is 0.676. The van der Waals surface area contributed by atoms with Crippen molar-refractivity contribution in [3.05, 3.63) is 29.3 Å². The summed E-state index contributed by atoms with van der Waals surface area (Å²) in [7, 11) is 0. The molecule has 1 atom stereocenters. The minimum atomic E-state index is -0.234. The van der Waals surface area contributed by atoms with Crippen LogP contribution in [0.15, 0.2) is 18.2 Å². The number of aldehydes is 1. The molecule has 5 nitrogen and oxygen atoms in total. The number of nitrogens with one attached hydrogen (secondary N) is 1. The normalized spacial score (nSPS) is 21.2. The van der Waals surface area contributed by atoms with Crippen molar-refractivity contribution in [3.63, 3.8) is 0 Å². The molecule has 2 amide bonds. The smallest absolute Gasteiger partial charge is 0.234 e. The number of hydrogen-bond acceptors (Lipinski definition) is 4. The third kappa shape index (κ3) is 4.47. The number of benzene rings is 1. The summed E-state index contributed by atoms with van der Waals surface area (Å²) in [5, 5.41) is 2.42. The van der Waals surface area contributed by atoms with E-state index in [0.29, 0.717) is 12.8 Å². The zero-order valence-corrected chi connectivity index (χ0v) is 15.4. The Morgan fingerprint density at radius 2 is 1.80 bits per heavy atom. The maximum absolute atomic E-state index is 12.0. The summed E-state index contributed by atoms with van der Waals surface area (Å²) < 4.78 is 0. The lowest BCUT2D eigenvalue weighted by atomic mass is 9.87. The standard InChI is InChI=1S/C18H22N2O3.C2H6/c1-12-10-14(20-8-6-13(11-21)7-9-20)2-3-15(12)16-4-5-17(22)19-18(16)23;1-2/h2-3,10-11,13,16H,4-9H2,1H3,(H,19,22,23);1-2H3. The maximum Gasteiger partial charge on any atom is 0.234 e. The molecule has 1 aromatic rings. The largest absolute Gasteiger partial charge is 0.371 e. The van der Waals surface area contributed by atoms with E-state index in [1.807, 2.05) is 32.9 Å². The van der Waals surface area contributed by atoms with E-state index < -0.39 is 0 Å². The Balaban J connectivity index is 0.00000109. The Kier molecular flexibility index (Phi) is 6.73. The third-order valence-corrected chi connectivity index (χ3v) is 4.97. The van der Waals surface area contributed by atoms with Gasteiger partial charge in [-0.2, -0.15) is 0 Å². The minimum Gasteiger partial charge on any atom is -0.371 e. The second kappa shape index (κ2) is 8.79. The first-order chi connectivity index (χ1) is 12.1. The van der Waals surface area contributed by atoms with Gasteiger partial charge in [-0.05, 0) is 49.4 Å². The maximum atomic E-state index is 12.0. The third-order valence-electron chi connectivity index (χ3n) is 4.97. The molecule has 2 heterocycles. The van der Waals surface area contributed by atoms with Crippen molar-refractivity contribution in [3.8, 4) is 0 Å². The van der Waals surface area contributed by atoms with E-state index in [0.717, 1.165) is 49.0 Å². The average Bonchev–Trinajstić information content (AvgIpc) is 2.64. The van der Waals surface area contributed by atoms with E-state index in [1.54, 1.807) is 0 Å². The van der Waals surface area contributed by atoms with Gasteiger partial charge in [-0.25, -0.2) is 0 Å². The van der Waals surface area contributed by atoms with Crippen molar-refractivity contribution in [2.24, 2.45) is 5.92 Å². The molecular weight excluding hydrogens is 316 g/mol. The Morgan fingerprint density at radius 1 is 1.12 bits per heavy atom. The summed E-state index contributed by atoms with van der Waals surface area (Å²) in [5.41, 5.74) is 3.22. The minimum absolute atomic E-state index is 0.182. The summed E-state index contributed by atoms with van der Waals surface area (Å²) in [5.74, 6) is -0.417. The fraction of sp³-hybridized carbons (Fsp3) is 0.550. The highest BCUT2D eigenvalue weighted by atomic mass is 16.2. The van der Waals surface area contributed by atoms with E-state index in [9.17, 15) is 14.4 Å². The van der Waals surface area contributed by atoms with Crippen molar-refractivity contribution >= 4 is 23.8 Å². The number of hydrogen-bond donors (Lipinski definition) is 1. The van der Waals surface area contributed by atoms with Gasteiger partial charge in [-0.15, -0.1) is 0 Å². The number of carbonyl (C=O) groups excluding carboxylic acids is 3. The predicted octanol–water partition coefficient (Wildman–Crippen LogP) is 2.96. The molecule has 0 aromatic heterocycles. The molecule has 0 radical (unpaired) electrons. The number of carbonyl (C=O) groups is 3. The van der Waals surface area contributed by atoms with Gasteiger partial charge in [0.1, 0.15) is 6.29 Å². The summed E-state index contributed by atoms with van der Waals surface area (Å²) in [4.78, 5) is 36.5. The molecule has 2 aliphatic rings. The predicted molar refractivity (Wildman–Crippen MR) is 98.7 cm³/mol. The lowest BCUT2D eigenvalue weighted by Gasteiger charge is -2.32. The molecule has 2 fully saturated rings. The van der Waals surface area contributed by atoms with Crippen LogP contribution in [0.5, 0.6) is 0 Å². The van der Waals surface area contributed by atoms with E-state index >= 15 is 0 Å². The first kappa shape index (κ1) is 19.2. The molecule has 3 rings (SSSR count). The highest BCUT2D eigenvalue weighted by Crippen LogP contribution is 2.31. The lowest BCUT2D eigenvalue weighted by molar-refractivity contribution is -0.134. The van der Waals surface area contributed by atoms with E-state index in [2.05, 4.69) is 16.3 Å². The van der Waals surface area contributed by atoms with Crippen LogP contribution in [0.25, 0.3) is 0 Å². The average molecular weight is 344 g/mol. The van der Waals surface area contributed by atoms with Gasteiger partial charge in [-0.1, -0.05) is 19.9 Å². The molecule has 5 heteroatoms. The molecule has 2 saturated heterocycles. The van der Waals surface area contributed by atoms with Crippen LogP contribution in [0.3, 0.4) is 0 Å². The van der Waals surface area contributed by atoms with Gasteiger partial charge in [0.2, 0.25) is 11.8 Å². The van der Waals surface area contributed by atoms with Crippen molar-refractivity contribution in [2.45, 2.75) is 52.4 Å². The number of amides is 2. The number of aryl methyl sites for hydroxylation is 1. The van der Waals surface area contributed by atoms with Gasteiger partial charge in [0.25, 0.3) is 0 Å². The number of rotatable bonds is 3. The molecule has 136 valence electrons. The van der Waals surface area contributed by atoms with E-state index in [-0.39, 0.29) is 23.7 Å². The Bertz CT molecular complexity index is 634. The zero-order valence-electron chi connectivity index (χ0n) is 15.4. The van der Waals surface area contributed by atoms with Gasteiger partial charge in [0, 0.05) is 31.1 Å². The molecule has 1 aromatic carbocycles. The second-order valence-electron chi connectivity index (χ2n) is 6.51. The number of anilines is 1. The molecule has 1 unspecified atom stereocenters. The molecular formula is C20H28N2O3. The van der Waals surface area contributed by atoms with Crippen LogP contribution >= 0.6 is 0 Å². The van der Waals surface area contributed by atoms with Gasteiger partial charge in [-0.3, -0.25) is 14.9 Å². The van der Waals surface area contributed by atoms with Crippen LogP contribution in [-0.2, 0) is 14.4 Å².